The van der Waals surface area contributed by atoms with Crippen LogP contribution in [0, 0.1) is 0 Å². The van der Waals surface area contributed by atoms with Crippen LogP contribution in [0.4, 0.5) is 0 Å². The van der Waals surface area contributed by atoms with Crippen molar-refractivity contribution in [2.24, 2.45) is 7.05 Å². The van der Waals surface area contributed by atoms with Gasteiger partial charge in [-0.05, 0) is 37.5 Å². The SMILES string of the molecule is Cn1nc(C(=O)NC[C@H](c2ccco2)[NH+]2CCCCC2)c2ccccc2c1=O. The molecule has 3 heterocycles. The molecule has 7 nitrogen and oxygen atoms in total. The number of piperidine rings is 1. The molecule has 4 rings (SSSR count). The normalized spacial score (nSPS) is 16.2. The largest absolute Gasteiger partial charge is 0.463 e. The van der Waals surface area contributed by atoms with Crippen molar-refractivity contribution in [3.63, 3.8) is 0 Å². The summed E-state index contributed by atoms with van der Waals surface area (Å²) in [6.45, 7) is 2.60. The van der Waals surface area contributed by atoms with Gasteiger partial charge in [0.15, 0.2) is 17.5 Å². The molecule has 0 bridgehead atoms. The van der Waals surface area contributed by atoms with Crippen LogP contribution >= 0.6 is 0 Å². The average molecular weight is 381 g/mol. The minimum absolute atomic E-state index is 0.0676. The van der Waals surface area contributed by atoms with E-state index in [0.717, 1.165) is 18.8 Å². The third kappa shape index (κ3) is 3.57. The molecule has 0 aliphatic carbocycles. The van der Waals surface area contributed by atoms with Crippen molar-refractivity contribution in [1.29, 1.82) is 0 Å². The molecule has 28 heavy (non-hydrogen) atoms. The van der Waals surface area contributed by atoms with Crippen LogP contribution in [-0.4, -0.2) is 35.3 Å². The zero-order valence-corrected chi connectivity index (χ0v) is 16.0. The lowest BCUT2D eigenvalue weighted by Gasteiger charge is -2.30. The number of aromatic nitrogens is 2. The summed E-state index contributed by atoms with van der Waals surface area (Å²) >= 11 is 0. The van der Waals surface area contributed by atoms with E-state index in [9.17, 15) is 9.59 Å². The van der Waals surface area contributed by atoms with Crippen molar-refractivity contribution < 1.29 is 14.1 Å². The standard InChI is InChI=1S/C21H24N4O3/c1-24-21(27)16-9-4-3-8-15(16)19(23-24)20(26)22-14-17(18-10-7-13-28-18)25-11-5-2-6-12-25/h3-4,7-10,13,17H,2,5-6,11-12,14H2,1H3,(H,22,26)/p+1/t17-/m1/s1. The van der Waals surface area contributed by atoms with Crippen LogP contribution in [0.2, 0.25) is 0 Å². The molecule has 7 heteroatoms. The maximum absolute atomic E-state index is 13.0. The molecule has 1 aliphatic rings. The average Bonchev–Trinajstić information content (AvgIpc) is 3.26. The number of nitrogens with one attached hydrogen (secondary N) is 2. The highest BCUT2D eigenvalue weighted by molar-refractivity contribution is 6.04. The second kappa shape index (κ2) is 7.98. The lowest BCUT2D eigenvalue weighted by atomic mass is 10.1. The number of aryl methyl sites for hydroxylation is 1. The predicted molar refractivity (Wildman–Crippen MR) is 105 cm³/mol. The van der Waals surface area contributed by atoms with Gasteiger partial charge in [0.05, 0.1) is 31.3 Å². The zero-order chi connectivity index (χ0) is 19.5. The molecule has 2 N–H and O–H groups in total. The molecule has 1 aromatic carbocycles. The molecule has 3 aromatic rings. The van der Waals surface area contributed by atoms with Gasteiger partial charge in [-0.1, -0.05) is 18.2 Å². The van der Waals surface area contributed by atoms with E-state index in [1.807, 2.05) is 18.2 Å². The first kappa shape index (κ1) is 18.4. The Labute approximate surface area is 162 Å². The van der Waals surface area contributed by atoms with Crippen molar-refractivity contribution in [2.45, 2.75) is 25.3 Å². The van der Waals surface area contributed by atoms with Gasteiger partial charge in [0.1, 0.15) is 0 Å². The number of likely N-dealkylation sites (tertiary alicyclic amines) is 1. The Bertz CT molecular complexity index is 1020. The van der Waals surface area contributed by atoms with Crippen LogP contribution in [0.5, 0.6) is 0 Å². The fourth-order valence-corrected chi connectivity index (χ4v) is 4.04. The van der Waals surface area contributed by atoms with E-state index in [1.54, 1.807) is 31.5 Å². The predicted octanol–water partition coefficient (Wildman–Crippen LogP) is 1.07. The quantitative estimate of drug-likeness (QED) is 0.693. The van der Waals surface area contributed by atoms with E-state index in [-0.39, 0.29) is 23.2 Å². The first-order chi connectivity index (χ1) is 13.6. The van der Waals surface area contributed by atoms with Crippen LogP contribution in [0.25, 0.3) is 10.8 Å². The molecule has 0 spiro atoms. The highest BCUT2D eigenvalue weighted by Crippen LogP contribution is 2.14. The minimum Gasteiger partial charge on any atom is -0.463 e. The van der Waals surface area contributed by atoms with Crippen molar-refractivity contribution in [3.05, 3.63) is 64.5 Å². The van der Waals surface area contributed by atoms with Gasteiger partial charge >= 0.3 is 0 Å². The van der Waals surface area contributed by atoms with E-state index in [0.29, 0.717) is 17.3 Å². The van der Waals surface area contributed by atoms with E-state index in [1.165, 1.54) is 28.8 Å². The Kier molecular flexibility index (Phi) is 5.25. The monoisotopic (exact) mass is 381 g/mol. The van der Waals surface area contributed by atoms with Crippen LogP contribution in [0.15, 0.2) is 51.9 Å². The molecular formula is C21H25N4O3+. The Hall–Kier alpha value is -2.93. The minimum atomic E-state index is -0.278. The lowest BCUT2D eigenvalue weighted by molar-refractivity contribution is -0.936. The Morgan fingerprint density at radius 3 is 2.64 bits per heavy atom. The summed E-state index contributed by atoms with van der Waals surface area (Å²) in [6.07, 6.45) is 5.31. The number of nitrogens with zero attached hydrogens (tertiary/aromatic N) is 2. The van der Waals surface area contributed by atoms with Gasteiger partial charge in [-0.15, -0.1) is 0 Å². The van der Waals surface area contributed by atoms with Crippen LogP contribution in [0.3, 0.4) is 0 Å². The number of fused-ring (bicyclic) bond motifs is 1. The zero-order valence-electron chi connectivity index (χ0n) is 16.0. The summed E-state index contributed by atoms with van der Waals surface area (Å²) < 4.78 is 6.88. The van der Waals surface area contributed by atoms with E-state index in [2.05, 4.69) is 10.4 Å². The van der Waals surface area contributed by atoms with E-state index < -0.39 is 0 Å². The molecule has 1 amide bonds. The number of furan rings is 1. The molecule has 1 saturated heterocycles. The van der Waals surface area contributed by atoms with Crippen LogP contribution in [0.1, 0.15) is 41.6 Å². The Morgan fingerprint density at radius 1 is 1.18 bits per heavy atom. The topological polar surface area (TPSA) is 81.6 Å². The molecule has 1 fully saturated rings. The highest BCUT2D eigenvalue weighted by Gasteiger charge is 2.29. The van der Waals surface area contributed by atoms with Gasteiger partial charge < -0.3 is 14.6 Å². The summed E-state index contributed by atoms with van der Waals surface area (Å²) in [6, 6.07) is 11.0. The third-order valence-corrected chi connectivity index (χ3v) is 5.51. The molecular weight excluding hydrogens is 356 g/mol. The Balaban J connectivity index is 1.58. The van der Waals surface area contributed by atoms with Gasteiger partial charge in [-0.25, -0.2) is 4.68 Å². The number of quaternary nitrogens is 1. The Morgan fingerprint density at radius 2 is 1.93 bits per heavy atom. The number of amides is 1. The maximum Gasteiger partial charge on any atom is 0.274 e. The first-order valence-corrected chi connectivity index (χ1v) is 9.77. The summed E-state index contributed by atoms with van der Waals surface area (Å²) in [4.78, 5) is 26.7. The van der Waals surface area contributed by atoms with E-state index >= 15 is 0 Å². The number of carbonyl (C=O) groups is 1. The van der Waals surface area contributed by atoms with Crippen molar-refractivity contribution in [3.8, 4) is 0 Å². The smallest absolute Gasteiger partial charge is 0.274 e. The van der Waals surface area contributed by atoms with Gasteiger partial charge in [0.2, 0.25) is 0 Å². The molecule has 146 valence electrons. The van der Waals surface area contributed by atoms with Gasteiger partial charge in [-0.2, -0.15) is 5.10 Å². The second-order valence-electron chi connectivity index (χ2n) is 7.32. The van der Waals surface area contributed by atoms with E-state index in [4.69, 9.17) is 4.42 Å². The number of hydrogen-bond acceptors (Lipinski definition) is 4. The van der Waals surface area contributed by atoms with Crippen molar-refractivity contribution >= 4 is 16.7 Å². The molecule has 0 radical (unpaired) electrons. The number of carbonyl (C=O) groups excluding carboxylic acids is 1. The number of benzene rings is 1. The summed E-state index contributed by atoms with van der Waals surface area (Å²) in [5, 5.41) is 8.31. The number of hydrogen-bond donors (Lipinski definition) is 2. The fourth-order valence-electron chi connectivity index (χ4n) is 4.04. The van der Waals surface area contributed by atoms with Crippen LogP contribution in [-0.2, 0) is 7.05 Å². The van der Waals surface area contributed by atoms with Crippen molar-refractivity contribution in [2.75, 3.05) is 19.6 Å². The maximum atomic E-state index is 13.0. The van der Waals surface area contributed by atoms with Gasteiger partial charge in [-0.3, -0.25) is 9.59 Å². The van der Waals surface area contributed by atoms with Gasteiger partial charge in [0.25, 0.3) is 11.5 Å². The first-order valence-electron chi connectivity index (χ1n) is 9.77. The lowest BCUT2D eigenvalue weighted by Crippen LogP contribution is -3.13. The number of rotatable bonds is 5. The second-order valence-corrected chi connectivity index (χ2v) is 7.32. The highest BCUT2D eigenvalue weighted by atomic mass is 16.3. The summed E-state index contributed by atoms with van der Waals surface area (Å²) in [7, 11) is 1.56. The van der Waals surface area contributed by atoms with Crippen molar-refractivity contribution in [1.82, 2.24) is 15.1 Å². The molecule has 1 atom stereocenters. The fraction of sp³-hybridized carbons (Fsp3) is 0.381. The molecule has 1 aliphatic heterocycles. The van der Waals surface area contributed by atoms with Crippen LogP contribution < -0.4 is 15.8 Å². The third-order valence-electron chi connectivity index (χ3n) is 5.51. The molecule has 0 unspecified atom stereocenters. The summed E-state index contributed by atoms with van der Waals surface area (Å²) in [5.41, 5.74) is 0.0583. The molecule has 2 aromatic heterocycles. The van der Waals surface area contributed by atoms with Gasteiger partial charge in [0, 0.05) is 12.4 Å². The molecule has 0 saturated carbocycles. The summed E-state index contributed by atoms with van der Waals surface area (Å²) in [5.74, 6) is 0.607.